The van der Waals surface area contributed by atoms with Crippen molar-refractivity contribution in [3.05, 3.63) is 64.7 Å². The van der Waals surface area contributed by atoms with Gasteiger partial charge < -0.3 is 15.7 Å². The molecule has 0 spiro atoms. The molecule has 0 saturated heterocycles. The minimum Gasteiger partial charge on any atom is -0.508 e. The van der Waals surface area contributed by atoms with E-state index in [1.54, 1.807) is 48.5 Å². The maximum absolute atomic E-state index is 12.9. The van der Waals surface area contributed by atoms with E-state index >= 15 is 0 Å². The van der Waals surface area contributed by atoms with Gasteiger partial charge in [0.1, 0.15) is 5.75 Å². The number of aromatic hydroxyl groups is 1. The maximum atomic E-state index is 12.9. The van der Waals surface area contributed by atoms with Gasteiger partial charge in [-0.1, -0.05) is 49.2 Å². The number of Topliss-reactive ketones (excluding diaryl/α,β-unsaturated/α-hetero) is 1. The third-order valence-corrected chi connectivity index (χ3v) is 5.25. The third kappa shape index (κ3) is 8.17. The van der Waals surface area contributed by atoms with Gasteiger partial charge >= 0.3 is 0 Å². The molecule has 5 nitrogen and oxygen atoms in total. The van der Waals surface area contributed by atoms with Crippen LogP contribution < -0.4 is 10.6 Å². The van der Waals surface area contributed by atoms with Gasteiger partial charge in [0.2, 0.25) is 0 Å². The summed E-state index contributed by atoms with van der Waals surface area (Å²) in [6.07, 6.45) is 4.77. The molecule has 0 heterocycles. The van der Waals surface area contributed by atoms with E-state index in [-0.39, 0.29) is 17.4 Å². The summed E-state index contributed by atoms with van der Waals surface area (Å²) in [6, 6.07) is 12.8. The lowest BCUT2D eigenvalue weighted by molar-refractivity contribution is -0.121. The molecular weight excluding hydrogens is 400 g/mol. The van der Waals surface area contributed by atoms with Crippen molar-refractivity contribution < 1.29 is 14.7 Å². The highest BCUT2D eigenvalue weighted by atomic mass is 35.5. The Labute approximate surface area is 183 Å². The third-order valence-electron chi connectivity index (χ3n) is 4.92. The van der Waals surface area contributed by atoms with Crippen molar-refractivity contribution in [2.45, 2.75) is 51.5 Å². The first-order valence-corrected chi connectivity index (χ1v) is 11.0. The fourth-order valence-corrected chi connectivity index (χ4v) is 3.37. The lowest BCUT2D eigenvalue weighted by Gasteiger charge is -2.18. The van der Waals surface area contributed by atoms with Crippen molar-refractivity contribution in [1.82, 2.24) is 10.6 Å². The van der Waals surface area contributed by atoms with Crippen LogP contribution >= 0.6 is 11.6 Å². The standard InChI is InChI=1S/C24H31ClN2O3/c1-2-3-15-26-16-7-6-10-23(29)22(17-18-11-13-19(28)14-12-18)27-24(30)20-8-4-5-9-21(20)25/h4-5,8-9,11-14,22,26,28H,2-3,6-7,10,15-17H2,1H3,(H,27,30). The van der Waals surface area contributed by atoms with Crippen LogP contribution in [0.3, 0.4) is 0 Å². The highest BCUT2D eigenvalue weighted by molar-refractivity contribution is 6.33. The summed E-state index contributed by atoms with van der Waals surface area (Å²) >= 11 is 6.13. The van der Waals surface area contributed by atoms with Crippen LogP contribution in [0.2, 0.25) is 5.02 Å². The summed E-state index contributed by atoms with van der Waals surface area (Å²) in [5, 5.41) is 16.1. The largest absolute Gasteiger partial charge is 0.508 e. The summed E-state index contributed by atoms with van der Waals surface area (Å²) < 4.78 is 0. The predicted molar refractivity (Wildman–Crippen MR) is 121 cm³/mol. The number of phenols is 1. The minimum atomic E-state index is -0.647. The summed E-state index contributed by atoms with van der Waals surface area (Å²) in [5.41, 5.74) is 1.22. The van der Waals surface area contributed by atoms with Crippen LogP contribution in [0.1, 0.15) is 54.9 Å². The molecule has 2 aromatic carbocycles. The highest BCUT2D eigenvalue weighted by Crippen LogP contribution is 2.17. The number of nitrogens with one attached hydrogen (secondary N) is 2. The summed E-state index contributed by atoms with van der Waals surface area (Å²) in [6.45, 7) is 4.05. The fourth-order valence-electron chi connectivity index (χ4n) is 3.14. The average molecular weight is 431 g/mol. The Morgan fingerprint density at radius 2 is 1.70 bits per heavy atom. The van der Waals surface area contributed by atoms with Gasteiger partial charge in [-0.05, 0) is 68.6 Å². The zero-order valence-corrected chi connectivity index (χ0v) is 18.3. The molecule has 0 saturated carbocycles. The Morgan fingerprint density at radius 1 is 1.00 bits per heavy atom. The van der Waals surface area contributed by atoms with Crippen molar-refractivity contribution in [2.75, 3.05) is 13.1 Å². The Kier molecular flexibility index (Phi) is 10.4. The molecule has 0 aliphatic heterocycles. The number of carbonyl (C=O) groups is 2. The topological polar surface area (TPSA) is 78.4 Å². The van der Waals surface area contributed by atoms with Gasteiger partial charge in [0.25, 0.3) is 5.91 Å². The predicted octanol–water partition coefficient (Wildman–Crippen LogP) is 4.52. The SMILES string of the molecule is CCCCNCCCCC(=O)C(Cc1ccc(O)cc1)NC(=O)c1ccccc1Cl. The molecule has 6 heteroatoms. The first kappa shape index (κ1) is 23.9. The molecule has 0 radical (unpaired) electrons. The van der Waals surface area contributed by atoms with Crippen LogP contribution in [0.4, 0.5) is 0 Å². The lowest BCUT2D eigenvalue weighted by atomic mass is 9.98. The number of benzene rings is 2. The Bertz CT molecular complexity index is 808. The number of hydrogen-bond donors (Lipinski definition) is 3. The Balaban J connectivity index is 1.97. The highest BCUT2D eigenvalue weighted by Gasteiger charge is 2.22. The van der Waals surface area contributed by atoms with Gasteiger partial charge in [0, 0.05) is 6.42 Å². The number of amides is 1. The second kappa shape index (κ2) is 13.0. The van der Waals surface area contributed by atoms with E-state index in [0.29, 0.717) is 23.4 Å². The van der Waals surface area contributed by atoms with Crippen LogP contribution in [-0.4, -0.2) is 35.9 Å². The Morgan fingerprint density at radius 3 is 2.40 bits per heavy atom. The molecule has 1 unspecified atom stereocenters. The average Bonchev–Trinajstić information content (AvgIpc) is 2.74. The zero-order chi connectivity index (χ0) is 21.8. The molecule has 30 heavy (non-hydrogen) atoms. The lowest BCUT2D eigenvalue weighted by Crippen LogP contribution is -2.42. The van der Waals surface area contributed by atoms with Gasteiger partial charge in [-0.3, -0.25) is 9.59 Å². The van der Waals surface area contributed by atoms with Gasteiger partial charge in [-0.15, -0.1) is 0 Å². The van der Waals surface area contributed by atoms with Crippen molar-refractivity contribution in [1.29, 1.82) is 0 Å². The van der Waals surface area contributed by atoms with Crippen LogP contribution in [0.5, 0.6) is 5.75 Å². The fraction of sp³-hybridized carbons (Fsp3) is 0.417. The number of phenolic OH excluding ortho intramolecular Hbond substituents is 1. The van der Waals surface area contributed by atoms with E-state index in [4.69, 9.17) is 11.6 Å². The van der Waals surface area contributed by atoms with E-state index in [9.17, 15) is 14.7 Å². The molecule has 0 bridgehead atoms. The Hall–Kier alpha value is -2.37. The number of unbranched alkanes of at least 4 members (excludes halogenated alkanes) is 2. The number of ketones is 1. The van der Waals surface area contributed by atoms with Crippen molar-refractivity contribution >= 4 is 23.3 Å². The number of hydrogen-bond acceptors (Lipinski definition) is 4. The first-order valence-electron chi connectivity index (χ1n) is 10.6. The van der Waals surface area contributed by atoms with Crippen molar-refractivity contribution in [3.8, 4) is 5.75 Å². The first-order chi connectivity index (χ1) is 14.5. The van der Waals surface area contributed by atoms with Gasteiger partial charge in [0.15, 0.2) is 5.78 Å². The molecule has 0 aliphatic rings. The van der Waals surface area contributed by atoms with Gasteiger partial charge in [-0.2, -0.15) is 0 Å². The van der Waals surface area contributed by atoms with E-state index in [0.717, 1.165) is 44.3 Å². The summed E-state index contributed by atoms with van der Waals surface area (Å²) in [5.74, 6) is -0.201. The van der Waals surface area contributed by atoms with E-state index < -0.39 is 6.04 Å². The van der Waals surface area contributed by atoms with E-state index in [1.807, 2.05) is 0 Å². The molecule has 0 aliphatic carbocycles. The second-order valence-electron chi connectivity index (χ2n) is 7.40. The van der Waals surface area contributed by atoms with Crippen molar-refractivity contribution in [2.24, 2.45) is 0 Å². The maximum Gasteiger partial charge on any atom is 0.253 e. The molecule has 162 valence electrons. The van der Waals surface area contributed by atoms with Crippen LogP contribution in [0.25, 0.3) is 0 Å². The quantitative estimate of drug-likeness (QED) is 0.408. The van der Waals surface area contributed by atoms with Gasteiger partial charge in [0.05, 0.1) is 16.6 Å². The monoisotopic (exact) mass is 430 g/mol. The van der Waals surface area contributed by atoms with Gasteiger partial charge in [-0.25, -0.2) is 0 Å². The van der Waals surface area contributed by atoms with E-state index in [1.165, 1.54) is 0 Å². The molecule has 3 N–H and O–H groups in total. The molecular formula is C24H31ClN2O3. The molecule has 0 aromatic heterocycles. The molecule has 2 rings (SSSR count). The molecule has 0 fully saturated rings. The molecule has 1 atom stereocenters. The summed E-state index contributed by atoms with van der Waals surface area (Å²) in [4.78, 5) is 25.6. The number of halogens is 1. The zero-order valence-electron chi connectivity index (χ0n) is 17.5. The van der Waals surface area contributed by atoms with Crippen LogP contribution in [0.15, 0.2) is 48.5 Å². The summed E-state index contributed by atoms with van der Waals surface area (Å²) in [7, 11) is 0. The number of carbonyl (C=O) groups excluding carboxylic acids is 2. The minimum absolute atomic E-state index is 0.00274. The molecule has 2 aromatic rings. The van der Waals surface area contributed by atoms with Crippen LogP contribution in [0, 0.1) is 0 Å². The van der Waals surface area contributed by atoms with Crippen molar-refractivity contribution in [3.63, 3.8) is 0 Å². The van der Waals surface area contributed by atoms with E-state index in [2.05, 4.69) is 17.6 Å². The normalized spacial score (nSPS) is 11.8. The number of rotatable bonds is 13. The molecule has 1 amide bonds. The second-order valence-corrected chi connectivity index (χ2v) is 7.81. The van der Waals surface area contributed by atoms with Crippen LogP contribution in [-0.2, 0) is 11.2 Å². The smallest absolute Gasteiger partial charge is 0.253 e.